The summed E-state index contributed by atoms with van der Waals surface area (Å²) in [5.41, 5.74) is 8.58. The largest absolute Gasteiger partial charge is 0.496 e. The number of ether oxygens (including phenoxy) is 1. The number of amides is 1. The first kappa shape index (κ1) is 17.0. The van der Waals surface area contributed by atoms with Crippen molar-refractivity contribution < 1.29 is 9.53 Å². The second-order valence-corrected chi connectivity index (χ2v) is 6.85. The molecular weight excluding hydrogens is 328 g/mol. The van der Waals surface area contributed by atoms with Gasteiger partial charge in [0.15, 0.2) is 0 Å². The molecular formula is C20H24N4O2. The maximum Gasteiger partial charge on any atom is 0.257 e. The van der Waals surface area contributed by atoms with Gasteiger partial charge in [-0.3, -0.25) is 20.6 Å². The lowest BCUT2D eigenvalue weighted by Gasteiger charge is -2.32. The molecule has 6 nitrogen and oxygen atoms in total. The second kappa shape index (κ2) is 7.43. The third kappa shape index (κ3) is 3.06. The van der Waals surface area contributed by atoms with Crippen LogP contribution in [0, 0.1) is 0 Å². The Balaban J connectivity index is 1.59. The smallest absolute Gasteiger partial charge is 0.257 e. The molecule has 0 spiro atoms. The van der Waals surface area contributed by atoms with E-state index in [0.717, 1.165) is 25.9 Å². The zero-order chi connectivity index (χ0) is 17.9. The molecule has 0 radical (unpaired) electrons. The van der Waals surface area contributed by atoms with Crippen LogP contribution in [0.3, 0.4) is 0 Å². The van der Waals surface area contributed by atoms with Crippen LogP contribution < -0.4 is 15.6 Å². The Bertz CT molecular complexity index is 767. The van der Waals surface area contributed by atoms with E-state index in [1.54, 1.807) is 7.11 Å². The molecule has 3 unspecified atom stereocenters. The van der Waals surface area contributed by atoms with Gasteiger partial charge in [0.1, 0.15) is 5.75 Å². The molecule has 0 bridgehead atoms. The number of aromatic nitrogens is 1. The van der Waals surface area contributed by atoms with Crippen LogP contribution >= 0.6 is 0 Å². The van der Waals surface area contributed by atoms with Gasteiger partial charge in [-0.25, -0.2) is 0 Å². The number of carbonyl (C=O) groups excluding carboxylic acids is 1. The Morgan fingerprint density at radius 2 is 2.04 bits per heavy atom. The molecule has 2 aliphatic rings. The first-order valence-electron chi connectivity index (χ1n) is 9.12. The highest BCUT2D eigenvalue weighted by molar-refractivity contribution is 5.97. The highest BCUT2D eigenvalue weighted by atomic mass is 16.5. The number of nitrogens with zero attached hydrogens (tertiary/aromatic N) is 2. The molecule has 3 heterocycles. The number of methoxy groups -OCH3 is 1. The number of hydrogen-bond acceptors (Lipinski definition) is 5. The molecule has 26 heavy (non-hydrogen) atoms. The maximum atomic E-state index is 13.2. The van der Waals surface area contributed by atoms with E-state index in [-0.39, 0.29) is 18.0 Å². The Morgan fingerprint density at radius 3 is 2.85 bits per heavy atom. The first-order valence-corrected chi connectivity index (χ1v) is 9.12. The Kier molecular flexibility index (Phi) is 4.86. The molecule has 6 heteroatoms. The van der Waals surface area contributed by atoms with Crippen molar-refractivity contribution in [1.82, 2.24) is 20.7 Å². The highest BCUT2D eigenvalue weighted by Gasteiger charge is 2.42. The minimum atomic E-state index is 0.0483. The summed E-state index contributed by atoms with van der Waals surface area (Å²) in [6, 6.07) is 11.9. The van der Waals surface area contributed by atoms with Crippen molar-refractivity contribution in [3.63, 3.8) is 0 Å². The summed E-state index contributed by atoms with van der Waals surface area (Å²) in [6.45, 7) is 1.63. The van der Waals surface area contributed by atoms with Crippen molar-refractivity contribution in [2.45, 2.75) is 30.8 Å². The summed E-state index contributed by atoms with van der Waals surface area (Å²) < 4.78 is 5.39. The van der Waals surface area contributed by atoms with E-state index >= 15 is 0 Å². The molecule has 2 aliphatic heterocycles. The Hall–Kier alpha value is -2.44. The van der Waals surface area contributed by atoms with Gasteiger partial charge in [-0.1, -0.05) is 12.1 Å². The number of benzene rings is 1. The third-order valence-corrected chi connectivity index (χ3v) is 5.47. The summed E-state index contributed by atoms with van der Waals surface area (Å²) >= 11 is 0. The summed E-state index contributed by atoms with van der Waals surface area (Å²) in [4.78, 5) is 19.4. The molecule has 0 aliphatic carbocycles. The second-order valence-electron chi connectivity index (χ2n) is 6.85. The van der Waals surface area contributed by atoms with Gasteiger partial charge in [0.25, 0.3) is 5.91 Å². The highest BCUT2D eigenvalue weighted by Crippen LogP contribution is 2.33. The van der Waals surface area contributed by atoms with Crippen LogP contribution in [0.15, 0.2) is 48.8 Å². The van der Waals surface area contributed by atoms with Gasteiger partial charge >= 0.3 is 0 Å². The predicted molar refractivity (Wildman–Crippen MR) is 99.0 cm³/mol. The van der Waals surface area contributed by atoms with Crippen molar-refractivity contribution in [2.24, 2.45) is 0 Å². The molecule has 1 aromatic heterocycles. The van der Waals surface area contributed by atoms with E-state index in [1.807, 2.05) is 41.6 Å². The van der Waals surface area contributed by atoms with E-state index in [9.17, 15) is 4.79 Å². The van der Waals surface area contributed by atoms with Crippen molar-refractivity contribution >= 4 is 5.91 Å². The lowest BCUT2D eigenvalue weighted by molar-refractivity contribution is 0.0701. The van der Waals surface area contributed by atoms with Crippen molar-refractivity contribution in [3.05, 3.63) is 59.9 Å². The van der Waals surface area contributed by atoms with Gasteiger partial charge in [0.2, 0.25) is 0 Å². The molecule has 1 amide bonds. The number of para-hydroxylation sites is 1. The number of likely N-dealkylation sites (tertiary alicyclic amines) is 1. The summed E-state index contributed by atoms with van der Waals surface area (Å²) in [5, 5.41) is 0. The molecule has 3 atom stereocenters. The molecule has 2 aromatic rings. The number of nitrogens with one attached hydrogen (secondary N) is 2. The molecule has 4 rings (SSSR count). The number of hydrazine groups is 1. The van der Waals surface area contributed by atoms with Crippen molar-refractivity contribution in [1.29, 1.82) is 0 Å². The maximum absolute atomic E-state index is 13.2. The zero-order valence-electron chi connectivity index (χ0n) is 14.9. The normalized spacial score (nSPS) is 25.4. The van der Waals surface area contributed by atoms with Crippen LogP contribution in [0.25, 0.3) is 0 Å². The van der Waals surface area contributed by atoms with E-state index < -0.39 is 0 Å². The fourth-order valence-corrected chi connectivity index (χ4v) is 4.21. The average Bonchev–Trinajstić information content (AvgIpc) is 3.37. The fraction of sp³-hybridized carbons (Fsp3) is 0.400. The van der Waals surface area contributed by atoms with Gasteiger partial charge in [0.05, 0.1) is 12.7 Å². The Labute approximate surface area is 153 Å². The van der Waals surface area contributed by atoms with Crippen LogP contribution in [0.5, 0.6) is 5.75 Å². The molecule has 136 valence electrons. The molecule has 2 saturated heterocycles. The minimum Gasteiger partial charge on any atom is -0.496 e. The van der Waals surface area contributed by atoms with Crippen LogP contribution in [0.1, 0.15) is 34.7 Å². The molecule has 0 saturated carbocycles. The minimum absolute atomic E-state index is 0.0483. The Morgan fingerprint density at radius 1 is 1.23 bits per heavy atom. The number of pyridine rings is 1. The number of carbonyl (C=O) groups is 1. The van der Waals surface area contributed by atoms with Gasteiger partial charge in [0, 0.05) is 43.5 Å². The summed E-state index contributed by atoms with van der Waals surface area (Å²) in [6.07, 6.45) is 5.68. The molecule has 1 aromatic carbocycles. The summed E-state index contributed by atoms with van der Waals surface area (Å²) in [7, 11) is 1.61. The van der Waals surface area contributed by atoms with Crippen LogP contribution in [-0.4, -0.2) is 48.1 Å². The predicted octanol–water partition coefficient (Wildman–Crippen LogP) is 1.95. The lowest BCUT2D eigenvalue weighted by Crippen LogP contribution is -2.49. The number of hydrogen-bond donors (Lipinski definition) is 2. The van der Waals surface area contributed by atoms with Gasteiger partial charge < -0.3 is 9.64 Å². The summed E-state index contributed by atoms with van der Waals surface area (Å²) in [5.74, 6) is 0.993. The molecule has 2 N–H and O–H groups in total. The van der Waals surface area contributed by atoms with Crippen molar-refractivity contribution in [3.8, 4) is 5.75 Å². The molecule has 2 fully saturated rings. The van der Waals surface area contributed by atoms with Gasteiger partial charge in [-0.2, -0.15) is 0 Å². The topological polar surface area (TPSA) is 66.5 Å². The first-order chi connectivity index (χ1) is 12.8. The lowest BCUT2D eigenvalue weighted by atomic mass is 9.88. The van der Waals surface area contributed by atoms with Crippen molar-refractivity contribution in [2.75, 3.05) is 20.2 Å². The zero-order valence-corrected chi connectivity index (χ0v) is 14.9. The van der Waals surface area contributed by atoms with Crippen LogP contribution in [0.2, 0.25) is 0 Å². The van der Waals surface area contributed by atoms with Crippen LogP contribution in [-0.2, 0) is 0 Å². The van der Waals surface area contributed by atoms with E-state index in [2.05, 4.69) is 28.0 Å². The fourth-order valence-electron chi connectivity index (χ4n) is 4.21. The third-order valence-electron chi connectivity index (χ3n) is 5.47. The van der Waals surface area contributed by atoms with Gasteiger partial charge in [-0.15, -0.1) is 0 Å². The monoisotopic (exact) mass is 352 g/mol. The quantitative estimate of drug-likeness (QED) is 0.880. The van der Waals surface area contributed by atoms with E-state index in [1.165, 1.54) is 5.56 Å². The van der Waals surface area contributed by atoms with Gasteiger partial charge in [-0.05, 0) is 42.7 Å². The number of rotatable bonds is 4. The van der Waals surface area contributed by atoms with E-state index in [4.69, 9.17) is 4.74 Å². The average molecular weight is 352 g/mol. The van der Waals surface area contributed by atoms with E-state index in [0.29, 0.717) is 17.2 Å². The SMILES string of the molecule is COc1ccccc1C(=O)N1CCCC1C1NNCC1c1ccncc1. The van der Waals surface area contributed by atoms with Crippen LogP contribution in [0.4, 0.5) is 0 Å². The standard InChI is InChI=1S/C20H24N4O2/c1-26-18-7-3-2-5-15(18)20(25)24-12-4-6-17(24)19-16(13-22-23-19)14-8-10-21-11-9-14/h2-3,5,7-11,16-17,19,22-23H,4,6,12-13H2,1H3.